The Morgan fingerprint density at radius 3 is 2.28 bits per heavy atom. The third-order valence-electron chi connectivity index (χ3n) is 4.05. The molecule has 0 aromatic carbocycles. The second-order valence-electron chi connectivity index (χ2n) is 7.29. The Morgan fingerprint density at radius 2 is 1.83 bits per heavy atom. The lowest BCUT2D eigenvalue weighted by Gasteiger charge is -2.34. The van der Waals surface area contributed by atoms with Gasteiger partial charge in [0.25, 0.3) is 0 Å². The first kappa shape index (κ1) is 16.0. The van der Waals surface area contributed by atoms with E-state index in [1.165, 1.54) is 32.4 Å². The predicted molar refractivity (Wildman–Crippen MR) is 81.0 cm³/mol. The van der Waals surface area contributed by atoms with Crippen molar-refractivity contribution in [1.82, 2.24) is 10.2 Å². The van der Waals surface area contributed by atoms with Crippen molar-refractivity contribution in [3.05, 3.63) is 0 Å². The molecule has 2 atom stereocenters. The van der Waals surface area contributed by atoms with Crippen LogP contribution in [0.15, 0.2) is 0 Å². The number of rotatable bonds is 8. The molecule has 0 amide bonds. The number of hydrogen-bond acceptors (Lipinski definition) is 2. The first-order valence-electron chi connectivity index (χ1n) is 7.82. The number of nitrogens with one attached hydrogen (secondary N) is 1. The molecule has 0 radical (unpaired) electrons. The molecule has 1 rings (SSSR count). The highest BCUT2D eigenvalue weighted by molar-refractivity contribution is 4.83. The molecule has 1 N–H and O–H groups in total. The molecule has 0 aromatic rings. The lowest BCUT2D eigenvalue weighted by atomic mass is 9.99. The van der Waals surface area contributed by atoms with Crippen molar-refractivity contribution in [2.45, 2.75) is 72.4 Å². The molecule has 1 aliphatic carbocycles. The normalized spacial score (nSPS) is 20.2. The lowest BCUT2D eigenvalue weighted by molar-refractivity contribution is 0.148. The molecule has 2 nitrogen and oxygen atoms in total. The van der Waals surface area contributed by atoms with Crippen molar-refractivity contribution in [3.63, 3.8) is 0 Å². The van der Waals surface area contributed by atoms with E-state index in [4.69, 9.17) is 0 Å². The van der Waals surface area contributed by atoms with Gasteiger partial charge in [0.2, 0.25) is 0 Å². The lowest BCUT2D eigenvalue weighted by Crippen LogP contribution is -2.46. The van der Waals surface area contributed by atoms with Gasteiger partial charge >= 0.3 is 0 Å². The molecular formula is C16H34N2. The molecule has 18 heavy (non-hydrogen) atoms. The minimum Gasteiger partial charge on any atom is -0.312 e. The van der Waals surface area contributed by atoms with Crippen LogP contribution in [0.1, 0.15) is 60.8 Å². The molecule has 1 aliphatic rings. The third-order valence-corrected chi connectivity index (χ3v) is 4.05. The topological polar surface area (TPSA) is 15.3 Å². The van der Waals surface area contributed by atoms with Gasteiger partial charge in [-0.3, -0.25) is 0 Å². The second-order valence-corrected chi connectivity index (χ2v) is 7.29. The van der Waals surface area contributed by atoms with Gasteiger partial charge < -0.3 is 10.2 Å². The van der Waals surface area contributed by atoms with E-state index in [-0.39, 0.29) is 5.54 Å². The SMILES string of the molecule is CCCN(CC1CC1)C(C)C(C)CNC(C)(C)C. The van der Waals surface area contributed by atoms with Gasteiger partial charge in [-0.15, -0.1) is 0 Å². The second kappa shape index (κ2) is 6.91. The monoisotopic (exact) mass is 254 g/mol. The van der Waals surface area contributed by atoms with Crippen molar-refractivity contribution in [1.29, 1.82) is 0 Å². The van der Waals surface area contributed by atoms with Crippen molar-refractivity contribution < 1.29 is 0 Å². The summed E-state index contributed by atoms with van der Waals surface area (Å²) < 4.78 is 0. The summed E-state index contributed by atoms with van der Waals surface area (Å²) in [4.78, 5) is 2.71. The summed E-state index contributed by atoms with van der Waals surface area (Å²) in [6.45, 7) is 17.5. The van der Waals surface area contributed by atoms with Crippen molar-refractivity contribution >= 4 is 0 Å². The molecule has 0 saturated heterocycles. The van der Waals surface area contributed by atoms with Crippen LogP contribution in [-0.4, -0.2) is 36.1 Å². The van der Waals surface area contributed by atoms with Gasteiger partial charge in [0, 0.05) is 18.1 Å². The van der Waals surface area contributed by atoms with E-state index in [0.29, 0.717) is 6.04 Å². The maximum atomic E-state index is 3.64. The molecule has 2 heteroatoms. The summed E-state index contributed by atoms with van der Waals surface area (Å²) in [7, 11) is 0. The van der Waals surface area contributed by atoms with Crippen LogP contribution in [0.5, 0.6) is 0 Å². The van der Waals surface area contributed by atoms with Gasteiger partial charge in [0.15, 0.2) is 0 Å². The quantitative estimate of drug-likeness (QED) is 0.713. The molecule has 0 aliphatic heterocycles. The zero-order valence-corrected chi connectivity index (χ0v) is 13.4. The predicted octanol–water partition coefficient (Wildman–Crippen LogP) is 3.52. The van der Waals surface area contributed by atoms with E-state index >= 15 is 0 Å². The Bertz CT molecular complexity index is 228. The van der Waals surface area contributed by atoms with Crippen LogP contribution < -0.4 is 5.32 Å². The maximum Gasteiger partial charge on any atom is 0.0105 e. The van der Waals surface area contributed by atoms with Crippen molar-refractivity contribution in [3.8, 4) is 0 Å². The first-order chi connectivity index (χ1) is 8.33. The van der Waals surface area contributed by atoms with E-state index in [0.717, 1.165) is 18.4 Å². The van der Waals surface area contributed by atoms with Gasteiger partial charge in [-0.25, -0.2) is 0 Å². The summed E-state index contributed by atoms with van der Waals surface area (Å²) in [6.07, 6.45) is 4.19. The Hall–Kier alpha value is -0.0800. The third kappa shape index (κ3) is 6.19. The Balaban J connectivity index is 2.39. The molecular weight excluding hydrogens is 220 g/mol. The molecule has 1 fully saturated rings. The van der Waals surface area contributed by atoms with Gasteiger partial charge in [-0.1, -0.05) is 13.8 Å². The number of hydrogen-bond donors (Lipinski definition) is 1. The van der Waals surface area contributed by atoms with Crippen LogP contribution in [0.25, 0.3) is 0 Å². The van der Waals surface area contributed by atoms with Gasteiger partial charge in [0.1, 0.15) is 0 Å². The van der Waals surface area contributed by atoms with Crippen LogP contribution >= 0.6 is 0 Å². The molecule has 2 unspecified atom stereocenters. The zero-order valence-electron chi connectivity index (χ0n) is 13.4. The fourth-order valence-electron chi connectivity index (χ4n) is 2.38. The highest BCUT2D eigenvalue weighted by Gasteiger charge is 2.28. The number of nitrogens with zero attached hydrogens (tertiary/aromatic N) is 1. The molecule has 0 bridgehead atoms. The van der Waals surface area contributed by atoms with Crippen LogP contribution in [0.4, 0.5) is 0 Å². The fourth-order valence-corrected chi connectivity index (χ4v) is 2.38. The Morgan fingerprint density at radius 1 is 1.22 bits per heavy atom. The largest absolute Gasteiger partial charge is 0.312 e. The van der Waals surface area contributed by atoms with Gasteiger partial charge in [-0.05, 0) is 71.9 Å². The molecule has 108 valence electrons. The van der Waals surface area contributed by atoms with Crippen molar-refractivity contribution in [2.24, 2.45) is 11.8 Å². The highest BCUT2D eigenvalue weighted by Crippen LogP contribution is 2.31. The van der Waals surface area contributed by atoms with Gasteiger partial charge in [0.05, 0.1) is 0 Å². The standard InChI is InChI=1S/C16H34N2/c1-7-10-18(12-15-8-9-15)14(3)13(2)11-17-16(4,5)6/h13-15,17H,7-12H2,1-6H3. The minimum atomic E-state index is 0.236. The van der Waals surface area contributed by atoms with Crippen molar-refractivity contribution in [2.75, 3.05) is 19.6 Å². The van der Waals surface area contributed by atoms with E-state index in [2.05, 4.69) is 51.8 Å². The van der Waals surface area contributed by atoms with Crippen LogP contribution in [-0.2, 0) is 0 Å². The van der Waals surface area contributed by atoms with Crippen LogP contribution in [0.3, 0.4) is 0 Å². The molecule has 0 spiro atoms. The maximum absolute atomic E-state index is 3.64. The molecule has 0 aromatic heterocycles. The Kier molecular flexibility index (Phi) is 6.13. The average Bonchev–Trinajstić information content (AvgIpc) is 3.07. The summed E-state index contributed by atoms with van der Waals surface area (Å²) in [5.41, 5.74) is 0.236. The Labute approximate surface area is 115 Å². The fraction of sp³-hybridized carbons (Fsp3) is 1.00. The van der Waals surface area contributed by atoms with E-state index in [1.807, 2.05) is 0 Å². The summed E-state index contributed by atoms with van der Waals surface area (Å²) in [5.74, 6) is 1.72. The molecule has 0 heterocycles. The molecule has 1 saturated carbocycles. The first-order valence-corrected chi connectivity index (χ1v) is 7.82. The van der Waals surface area contributed by atoms with Gasteiger partial charge in [-0.2, -0.15) is 0 Å². The summed E-state index contributed by atoms with van der Waals surface area (Å²) in [6, 6.07) is 0.695. The van der Waals surface area contributed by atoms with E-state index < -0.39 is 0 Å². The van der Waals surface area contributed by atoms with E-state index in [9.17, 15) is 0 Å². The minimum absolute atomic E-state index is 0.236. The van der Waals surface area contributed by atoms with E-state index in [1.54, 1.807) is 0 Å². The summed E-state index contributed by atoms with van der Waals surface area (Å²) >= 11 is 0. The summed E-state index contributed by atoms with van der Waals surface area (Å²) in [5, 5.41) is 3.64. The highest BCUT2D eigenvalue weighted by atomic mass is 15.2. The average molecular weight is 254 g/mol. The van der Waals surface area contributed by atoms with Crippen LogP contribution in [0, 0.1) is 11.8 Å². The smallest absolute Gasteiger partial charge is 0.0105 e. The zero-order chi connectivity index (χ0) is 13.8. The van der Waals surface area contributed by atoms with Crippen LogP contribution in [0.2, 0.25) is 0 Å².